The van der Waals surface area contributed by atoms with Gasteiger partial charge >= 0.3 is 0 Å². The van der Waals surface area contributed by atoms with Gasteiger partial charge in [0, 0.05) is 19.6 Å². The van der Waals surface area contributed by atoms with Gasteiger partial charge < -0.3 is 9.64 Å². The van der Waals surface area contributed by atoms with E-state index in [0.717, 1.165) is 5.56 Å². The molecule has 0 radical (unpaired) electrons. The molecule has 0 saturated carbocycles. The summed E-state index contributed by atoms with van der Waals surface area (Å²) < 4.78 is 5.80. The predicted octanol–water partition coefficient (Wildman–Crippen LogP) is 2.53. The van der Waals surface area contributed by atoms with Gasteiger partial charge in [-0.05, 0) is 25.3 Å². The molecule has 2 atom stereocenters. The Bertz CT molecular complexity index is 686. The molecule has 25 heavy (non-hydrogen) atoms. The highest BCUT2D eigenvalue weighted by atomic mass is 16.5. The van der Waals surface area contributed by atoms with Gasteiger partial charge in [-0.3, -0.25) is 14.5 Å². The standard InChI is InChI=1S/C20H26N2O3/c1-13(2)10-22-19(23)17(16-8-6-5-7-9-16)18(20(22)24)21-11-14(3)25-15(4)12-21/h5-9,13-15H,10-12H2,1-4H3. The second-order valence-corrected chi connectivity index (χ2v) is 7.37. The van der Waals surface area contributed by atoms with Crippen LogP contribution in [0.3, 0.4) is 0 Å². The summed E-state index contributed by atoms with van der Waals surface area (Å²) in [7, 11) is 0. The number of carbonyl (C=O) groups is 2. The number of ether oxygens (including phenoxy) is 1. The van der Waals surface area contributed by atoms with E-state index in [-0.39, 0.29) is 29.9 Å². The largest absolute Gasteiger partial charge is 0.372 e. The van der Waals surface area contributed by atoms with Crippen molar-refractivity contribution in [3.8, 4) is 0 Å². The van der Waals surface area contributed by atoms with Gasteiger partial charge in [-0.2, -0.15) is 0 Å². The number of hydrogen-bond acceptors (Lipinski definition) is 4. The molecule has 5 heteroatoms. The Kier molecular flexibility index (Phi) is 4.95. The number of hydrogen-bond donors (Lipinski definition) is 0. The number of carbonyl (C=O) groups excluding carboxylic acids is 2. The van der Waals surface area contributed by atoms with Crippen molar-refractivity contribution in [1.29, 1.82) is 0 Å². The van der Waals surface area contributed by atoms with Crippen LogP contribution in [-0.2, 0) is 14.3 Å². The zero-order chi connectivity index (χ0) is 18.1. The Balaban J connectivity index is 2.05. The first kappa shape index (κ1) is 17.7. The average Bonchev–Trinajstić information content (AvgIpc) is 2.79. The molecule has 2 amide bonds. The Hall–Kier alpha value is -2.14. The third-order valence-electron chi connectivity index (χ3n) is 4.49. The lowest BCUT2D eigenvalue weighted by Gasteiger charge is -2.37. The maximum atomic E-state index is 13.1. The first-order valence-corrected chi connectivity index (χ1v) is 8.94. The van der Waals surface area contributed by atoms with Crippen molar-refractivity contribution in [2.75, 3.05) is 19.6 Å². The van der Waals surface area contributed by atoms with E-state index in [1.165, 1.54) is 4.90 Å². The molecule has 134 valence electrons. The lowest BCUT2D eigenvalue weighted by molar-refractivity contribution is -0.138. The molecule has 2 aliphatic heterocycles. The van der Waals surface area contributed by atoms with Gasteiger partial charge in [0.05, 0.1) is 17.8 Å². The van der Waals surface area contributed by atoms with Gasteiger partial charge in [-0.1, -0.05) is 44.2 Å². The van der Waals surface area contributed by atoms with Crippen LogP contribution in [0.5, 0.6) is 0 Å². The Morgan fingerprint density at radius 2 is 1.64 bits per heavy atom. The number of rotatable bonds is 4. The van der Waals surface area contributed by atoms with Crippen LogP contribution in [0.4, 0.5) is 0 Å². The summed E-state index contributed by atoms with van der Waals surface area (Å²) in [4.78, 5) is 29.6. The summed E-state index contributed by atoms with van der Waals surface area (Å²) >= 11 is 0. The quantitative estimate of drug-likeness (QED) is 0.789. The van der Waals surface area contributed by atoms with Crippen molar-refractivity contribution in [3.63, 3.8) is 0 Å². The zero-order valence-electron chi connectivity index (χ0n) is 15.4. The maximum Gasteiger partial charge on any atom is 0.277 e. The van der Waals surface area contributed by atoms with Gasteiger partial charge in [0.15, 0.2) is 0 Å². The van der Waals surface area contributed by atoms with Crippen molar-refractivity contribution in [2.45, 2.75) is 39.9 Å². The zero-order valence-corrected chi connectivity index (χ0v) is 15.4. The minimum Gasteiger partial charge on any atom is -0.372 e. The van der Waals surface area contributed by atoms with Crippen LogP contribution in [0.15, 0.2) is 36.0 Å². The molecule has 0 bridgehead atoms. The Morgan fingerprint density at radius 1 is 1.04 bits per heavy atom. The van der Waals surface area contributed by atoms with Crippen molar-refractivity contribution in [2.24, 2.45) is 5.92 Å². The minimum atomic E-state index is -0.188. The molecular weight excluding hydrogens is 316 g/mol. The second kappa shape index (κ2) is 7.00. The van der Waals surface area contributed by atoms with E-state index in [0.29, 0.717) is 30.9 Å². The SMILES string of the molecule is CC(C)CN1C(=O)C(c2ccccc2)=C(N2CC(C)OC(C)C2)C1=O. The average molecular weight is 342 g/mol. The minimum absolute atomic E-state index is 0.0234. The van der Waals surface area contributed by atoms with Gasteiger partial charge in [0.1, 0.15) is 5.70 Å². The first-order chi connectivity index (χ1) is 11.9. The van der Waals surface area contributed by atoms with E-state index < -0.39 is 0 Å². The number of morpholine rings is 1. The topological polar surface area (TPSA) is 49.9 Å². The molecule has 1 aromatic rings. The molecule has 1 aromatic carbocycles. The number of nitrogens with zero attached hydrogens (tertiary/aromatic N) is 2. The van der Waals surface area contributed by atoms with Crippen LogP contribution in [-0.4, -0.2) is 53.5 Å². The normalized spacial score (nSPS) is 24.7. The highest BCUT2D eigenvalue weighted by molar-refractivity contribution is 6.35. The molecule has 0 aromatic heterocycles. The van der Waals surface area contributed by atoms with Crippen LogP contribution >= 0.6 is 0 Å². The van der Waals surface area contributed by atoms with Gasteiger partial charge in [-0.25, -0.2) is 0 Å². The fourth-order valence-corrected chi connectivity index (χ4v) is 3.61. The van der Waals surface area contributed by atoms with Crippen LogP contribution < -0.4 is 0 Å². The molecule has 1 saturated heterocycles. The van der Waals surface area contributed by atoms with E-state index in [1.54, 1.807) is 0 Å². The molecule has 2 aliphatic rings. The highest BCUT2D eigenvalue weighted by Crippen LogP contribution is 2.33. The third-order valence-corrected chi connectivity index (χ3v) is 4.49. The fourth-order valence-electron chi connectivity index (χ4n) is 3.61. The lowest BCUT2D eigenvalue weighted by Crippen LogP contribution is -2.47. The fraction of sp³-hybridized carbons (Fsp3) is 0.500. The molecule has 2 heterocycles. The number of imide groups is 1. The molecular formula is C20H26N2O3. The highest BCUT2D eigenvalue weighted by Gasteiger charge is 2.43. The van der Waals surface area contributed by atoms with Gasteiger partial charge in [0.2, 0.25) is 0 Å². The Labute approximate surface area is 149 Å². The summed E-state index contributed by atoms with van der Waals surface area (Å²) in [6.45, 7) is 9.69. The summed E-state index contributed by atoms with van der Waals surface area (Å²) in [5.41, 5.74) is 1.85. The van der Waals surface area contributed by atoms with Crippen LogP contribution in [0.2, 0.25) is 0 Å². The lowest BCUT2D eigenvalue weighted by atomic mass is 10.0. The number of benzene rings is 1. The summed E-state index contributed by atoms with van der Waals surface area (Å²) in [6, 6.07) is 9.50. The Morgan fingerprint density at radius 3 is 2.20 bits per heavy atom. The summed E-state index contributed by atoms with van der Waals surface area (Å²) in [5, 5.41) is 0. The van der Waals surface area contributed by atoms with Crippen molar-refractivity contribution >= 4 is 17.4 Å². The van der Waals surface area contributed by atoms with Crippen molar-refractivity contribution < 1.29 is 14.3 Å². The molecule has 1 fully saturated rings. The smallest absolute Gasteiger partial charge is 0.277 e. The van der Waals surface area contributed by atoms with E-state index in [2.05, 4.69) is 0 Å². The van der Waals surface area contributed by atoms with E-state index in [1.807, 2.05) is 62.9 Å². The molecule has 0 aliphatic carbocycles. The number of amides is 2. The predicted molar refractivity (Wildman–Crippen MR) is 96.5 cm³/mol. The first-order valence-electron chi connectivity index (χ1n) is 8.94. The van der Waals surface area contributed by atoms with E-state index >= 15 is 0 Å². The molecule has 2 unspecified atom stereocenters. The molecule has 0 N–H and O–H groups in total. The molecule has 0 spiro atoms. The van der Waals surface area contributed by atoms with Crippen molar-refractivity contribution in [1.82, 2.24) is 9.80 Å². The molecule has 5 nitrogen and oxygen atoms in total. The second-order valence-electron chi connectivity index (χ2n) is 7.37. The summed E-state index contributed by atoms with van der Waals surface area (Å²) in [5.74, 6) is -0.141. The summed E-state index contributed by atoms with van der Waals surface area (Å²) in [6.07, 6.45) is 0.0469. The van der Waals surface area contributed by atoms with Gasteiger partial charge in [-0.15, -0.1) is 0 Å². The van der Waals surface area contributed by atoms with Gasteiger partial charge in [0.25, 0.3) is 11.8 Å². The molecule has 3 rings (SSSR count). The van der Waals surface area contributed by atoms with Crippen molar-refractivity contribution in [3.05, 3.63) is 41.6 Å². The van der Waals surface area contributed by atoms with E-state index in [4.69, 9.17) is 4.74 Å². The monoisotopic (exact) mass is 342 g/mol. The maximum absolute atomic E-state index is 13.1. The third kappa shape index (κ3) is 3.47. The van der Waals surface area contributed by atoms with E-state index in [9.17, 15) is 9.59 Å². The van der Waals surface area contributed by atoms with Crippen LogP contribution in [0, 0.1) is 5.92 Å². The van der Waals surface area contributed by atoms with Crippen LogP contribution in [0.1, 0.15) is 33.3 Å². The van der Waals surface area contributed by atoms with Crippen LogP contribution in [0.25, 0.3) is 5.57 Å².